The fraction of sp³-hybridized carbons (Fsp3) is 0.259. The Morgan fingerprint density at radius 1 is 1.03 bits per heavy atom. The second-order valence-electron chi connectivity index (χ2n) is 8.59. The van der Waals surface area contributed by atoms with E-state index in [9.17, 15) is 9.90 Å². The topological polar surface area (TPSA) is 67.6 Å². The number of aliphatic hydroxyl groups is 1. The zero-order valence-electron chi connectivity index (χ0n) is 18.6. The number of fused-ring (bicyclic) bond motifs is 1. The van der Waals surface area contributed by atoms with Gasteiger partial charge in [0.25, 0.3) is 0 Å². The molecule has 168 valence electrons. The Kier molecular flexibility index (Phi) is 5.84. The zero-order valence-corrected chi connectivity index (χ0v) is 18.6. The molecule has 3 aromatic carbocycles. The van der Waals surface area contributed by atoms with Crippen molar-refractivity contribution < 1.29 is 14.6 Å². The Bertz CT molecular complexity index is 1250. The second-order valence-corrected chi connectivity index (χ2v) is 8.59. The summed E-state index contributed by atoms with van der Waals surface area (Å²) in [6, 6.07) is 25.4. The lowest BCUT2D eigenvalue weighted by molar-refractivity contribution is -0.117. The number of aliphatic hydroxyl groups excluding tert-OH is 1. The highest BCUT2D eigenvalue weighted by Gasteiger charge is 2.35. The molecule has 5 rings (SSSR count). The highest BCUT2D eigenvalue weighted by Crippen LogP contribution is 2.33. The zero-order chi connectivity index (χ0) is 22.8. The van der Waals surface area contributed by atoms with E-state index in [0.717, 1.165) is 33.9 Å². The summed E-state index contributed by atoms with van der Waals surface area (Å²) in [5.74, 6) is 1.61. The number of hydrogen-bond acceptors (Lipinski definition) is 4. The first kappa shape index (κ1) is 21.2. The smallest absolute Gasteiger partial charge is 0.227 e. The van der Waals surface area contributed by atoms with Crippen molar-refractivity contribution in [1.29, 1.82) is 0 Å². The first-order valence-corrected chi connectivity index (χ1v) is 11.3. The van der Waals surface area contributed by atoms with E-state index in [0.29, 0.717) is 19.5 Å². The number of rotatable bonds is 7. The van der Waals surface area contributed by atoms with Gasteiger partial charge in [0.1, 0.15) is 24.3 Å². The highest BCUT2D eigenvalue weighted by atomic mass is 16.5. The minimum atomic E-state index is -0.718. The predicted molar refractivity (Wildman–Crippen MR) is 129 cm³/mol. The van der Waals surface area contributed by atoms with Gasteiger partial charge < -0.3 is 19.3 Å². The van der Waals surface area contributed by atoms with E-state index in [2.05, 4.69) is 0 Å². The summed E-state index contributed by atoms with van der Waals surface area (Å²) in [7, 11) is 0. The van der Waals surface area contributed by atoms with Crippen LogP contribution in [0, 0.1) is 6.92 Å². The van der Waals surface area contributed by atoms with E-state index in [1.807, 2.05) is 95.3 Å². The fourth-order valence-corrected chi connectivity index (χ4v) is 4.43. The van der Waals surface area contributed by atoms with Crippen LogP contribution < -0.4 is 9.64 Å². The minimum Gasteiger partial charge on any atom is -0.491 e. The van der Waals surface area contributed by atoms with Gasteiger partial charge in [-0.15, -0.1) is 0 Å². The van der Waals surface area contributed by atoms with Gasteiger partial charge in [0.2, 0.25) is 5.91 Å². The summed E-state index contributed by atoms with van der Waals surface area (Å²) in [5.41, 5.74) is 3.88. The summed E-state index contributed by atoms with van der Waals surface area (Å²) in [6.07, 6.45) is -0.321. The van der Waals surface area contributed by atoms with E-state index < -0.39 is 6.10 Å². The quantitative estimate of drug-likeness (QED) is 0.464. The fourth-order valence-electron chi connectivity index (χ4n) is 4.43. The van der Waals surface area contributed by atoms with Gasteiger partial charge in [-0.25, -0.2) is 4.98 Å². The summed E-state index contributed by atoms with van der Waals surface area (Å²) < 4.78 is 7.84. The largest absolute Gasteiger partial charge is 0.491 e. The molecule has 2 heterocycles. The van der Waals surface area contributed by atoms with Crippen LogP contribution in [0.2, 0.25) is 0 Å². The summed E-state index contributed by atoms with van der Waals surface area (Å²) >= 11 is 0. The van der Waals surface area contributed by atoms with Gasteiger partial charge in [-0.05, 0) is 43.3 Å². The van der Waals surface area contributed by atoms with E-state index in [1.54, 1.807) is 0 Å². The maximum absolute atomic E-state index is 12.8. The molecule has 1 aliphatic rings. The summed E-state index contributed by atoms with van der Waals surface area (Å²) in [5, 5.41) is 10.8. The molecule has 0 radical (unpaired) electrons. The first-order valence-electron chi connectivity index (χ1n) is 11.3. The number of hydrogen-bond donors (Lipinski definition) is 1. The van der Waals surface area contributed by atoms with Crippen molar-refractivity contribution in [2.24, 2.45) is 0 Å². The van der Waals surface area contributed by atoms with E-state index in [4.69, 9.17) is 9.72 Å². The SMILES string of the molecule is Cc1ccc(OC[C@H](O)Cn2c([C@H]3CC(=O)N(c4ccccc4)C3)nc3ccccc32)cc1. The lowest BCUT2D eigenvalue weighted by atomic mass is 10.1. The minimum absolute atomic E-state index is 0.0460. The van der Waals surface area contributed by atoms with Crippen molar-refractivity contribution >= 4 is 22.6 Å². The van der Waals surface area contributed by atoms with Crippen LogP contribution in [-0.4, -0.2) is 39.8 Å². The van der Waals surface area contributed by atoms with Crippen LogP contribution in [0.5, 0.6) is 5.75 Å². The van der Waals surface area contributed by atoms with E-state index in [-0.39, 0.29) is 18.4 Å². The van der Waals surface area contributed by atoms with Crippen molar-refractivity contribution in [3.05, 3.63) is 90.3 Å². The monoisotopic (exact) mass is 441 g/mol. The number of carbonyl (C=O) groups is 1. The molecule has 1 aromatic heterocycles. The first-order chi connectivity index (χ1) is 16.1. The molecule has 1 aliphatic heterocycles. The number of aromatic nitrogens is 2. The second kappa shape index (κ2) is 9.08. The van der Waals surface area contributed by atoms with Crippen molar-refractivity contribution in [3.8, 4) is 5.75 Å². The molecule has 0 aliphatic carbocycles. The molecule has 4 aromatic rings. The average molecular weight is 442 g/mol. The maximum atomic E-state index is 12.8. The average Bonchev–Trinajstić information content (AvgIpc) is 3.40. The third-order valence-electron chi connectivity index (χ3n) is 6.10. The molecular formula is C27H27N3O3. The third-order valence-corrected chi connectivity index (χ3v) is 6.10. The molecular weight excluding hydrogens is 414 g/mol. The van der Waals surface area contributed by atoms with Crippen LogP contribution in [-0.2, 0) is 11.3 Å². The lowest BCUT2D eigenvalue weighted by Crippen LogP contribution is -2.26. The Hall–Kier alpha value is -3.64. The van der Waals surface area contributed by atoms with Gasteiger partial charge in [0.15, 0.2) is 0 Å². The Morgan fingerprint density at radius 3 is 2.55 bits per heavy atom. The molecule has 1 amide bonds. The Labute approximate surface area is 193 Å². The van der Waals surface area contributed by atoms with Gasteiger partial charge in [-0.2, -0.15) is 0 Å². The number of benzene rings is 3. The molecule has 0 spiro atoms. The molecule has 6 nitrogen and oxygen atoms in total. The predicted octanol–water partition coefficient (Wildman–Crippen LogP) is 4.31. The van der Waals surface area contributed by atoms with Gasteiger partial charge in [-0.3, -0.25) is 4.79 Å². The number of imidazole rings is 1. The molecule has 0 saturated carbocycles. The van der Waals surface area contributed by atoms with E-state index >= 15 is 0 Å². The molecule has 0 bridgehead atoms. The number of anilines is 1. The third kappa shape index (κ3) is 4.47. The Morgan fingerprint density at radius 2 is 1.76 bits per heavy atom. The highest BCUT2D eigenvalue weighted by molar-refractivity contribution is 5.96. The number of nitrogens with zero attached hydrogens (tertiary/aromatic N) is 3. The van der Waals surface area contributed by atoms with Crippen molar-refractivity contribution in [1.82, 2.24) is 9.55 Å². The standard InChI is InChI=1S/C27H27N3O3/c1-19-11-13-23(14-12-19)33-18-22(31)17-30-25-10-6-5-9-24(25)28-27(30)20-15-26(32)29(16-20)21-7-3-2-4-8-21/h2-14,20,22,31H,15-18H2,1H3/t20-,22+/m0/s1. The van der Waals surface area contributed by atoms with Gasteiger partial charge in [0.05, 0.1) is 17.6 Å². The number of para-hydroxylation sites is 3. The van der Waals surface area contributed by atoms with Crippen LogP contribution in [0.4, 0.5) is 5.69 Å². The van der Waals surface area contributed by atoms with Crippen molar-refractivity contribution in [2.45, 2.75) is 31.9 Å². The van der Waals surface area contributed by atoms with Crippen LogP contribution in [0.1, 0.15) is 23.7 Å². The molecule has 1 saturated heterocycles. The van der Waals surface area contributed by atoms with Gasteiger partial charge >= 0.3 is 0 Å². The lowest BCUT2D eigenvalue weighted by Gasteiger charge is -2.19. The van der Waals surface area contributed by atoms with Crippen LogP contribution in [0.25, 0.3) is 11.0 Å². The van der Waals surface area contributed by atoms with Crippen LogP contribution in [0.3, 0.4) is 0 Å². The van der Waals surface area contributed by atoms with Gasteiger partial charge in [-0.1, -0.05) is 48.0 Å². The molecule has 0 unspecified atom stereocenters. The van der Waals surface area contributed by atoms with Crippen LogP contribution in [0.15, 0.2) is 78.9 Å². The molecule has 1 fully saturated rings. The maximum Gasteiger partial charge on any atom is 0.227 e. The number of carbonyl (C=O) groups excluding carboxylic acids is 1. The molecule has 2 atom stereocenters. The molecule has 6 heteroatoms. The number of amides is 1. The molecule has 33 heavy (non-hydrogen) atoms. The normalized spacial score (nSPS) is 17.0. The number of aryl methyl sites for hydroxylation is 1. The molecule has 1 N–H and O–H groups in total. The Balaban J connectivity index is 1.37. The summed E-state index contributed by atoms with van der Waals surface area (Å²) in [6.45, 7) is 3.12. The van der Waals surface area contributed by atoms with Gasteiger partial charge in [0, 0.05) is 24.6 Å². The summed E-state index contributed by atoms with van der Waals surface area (Å²) in [4.78, 5) is 19.5. The van der Waals surface area contributed by atoms with E-state index in [1.165, 1.54) is 0 Å². The van der Waals surface area contributed by atoms with Crippen molar-refractivity contribution in [2.75, 3.05) is 18.1 Å². The number of ether oxygens (including phenoxy) is 1. The van der Waals surface area contributed by atoms with Crippen molar-refractivity contribution in [3.63, 3.8) is 0 Å². The van der Waals surface area contributed by atoms with Crippen LogP contribution >= 0.6 is 0 Å².